The number of hydrogen-bond acceptors (Lipinski definition) is 3. The van der Waals surface area contributed by atoms with Crippen molar-refractivity contribution in [3.05, 3.63) is 29.8 Å². The van der Waals surface area contributed by atoms with Crippen molar-refractivity contribution in [2.45, 2.75) is 38.1 Å². The summed E-state index contributed by atoms with van der Waals surface area (Å²) in [6.07, 6.45) is 0. The SMILES string of the molecule is CC1SCCN(C(C)c2ccc(N)cc2)C1C. The van der Waals surface area contributed by atoms with Gasteiger partial charge in [0.1, 0.15) is 0 Å². The fourth-order valence-corrected chi connectivity index (χ4v) is 3.59. The molecule has 0 spiro atoms. The van der Waals surface area contributed by atoms with Gasteiger partial charge < -0.3 is 5.73 Å². The van der Waals surface area contributed by atoms with Crippen LogP contribution in [0, 0.1) is 0 Å². The summed E-state index contributed by atoms with van der Waals surface area (Å²) in [7, 11) is 0. The van der Waals surface area contributed by atoms with Gasteiger partial charge in [0.25, 0.3) is 0 Å². The first-order valence-electron chi connectivity index (χ1n) is 6.32. The molecule has 94 valence electrons. The quantitative estimate of drug-likeness (QED) is 0.818. The van der Waals surface area contributed by atoms with Crippen molar-refractivity contribution < 1.29 is 0 Å². The minimum atomic E-state index is 0.481. The summed E-state index contributed by atoms with van der Waals surface area (Å²) >= 11 is 2.08. The Morgan fingerprint density at radius 1 is 1.29 bits per heavy atom. The average Bonchev–Trinajstić information content (AvgIpc) is 2.33. The number of anilines is 1. The molecule has 2 nitrogen and oxygen atoms in total. The average molecular weight is 250 g/mol. The van der Waals surface area contributed by atoms with Gasteiger partial charge in [-0.1, -0.05) is 19.1 Å². The first-order chi connectivity index (χ1) is 8.09. The van der Waals surface area contributed by atoms with Crippen LogP contribution in [-0.2, 0) is 0 Å². The van der Waals surface area contributed by atoms with Gasteiger partial charge in [-0.2, -0.15) is 11.8 Å². The minimum Gasteiger partial charge on any atom is -0.399 e. The van der Waals surface area contributed by atoms with Crippen molar-refractivity contribution in [2.24, 2.45) is 0 Å². The van der Waals surface area contributed by atoms with Gasteiger partial charge in [-0.3, -0.25) is 4.90 Å². The van der Waals surface area contributed by atoms with E-state index < -0.39 is 0 Å². The fraction of sp³-hybridized carbons (Fsp3) is 0.571. The summed E-state index contributed by atoms with van der Waals surface area (Å²) in [6, 6.07) is 9.42. The highest BCUT2D eigenvalue weighted by Crippen LogP contribution is 2.31. The van der Waals surface area contributed by atoms with E-state index in [2.05, 4.69) is 49.6 Å². The molecule has 17 heavy (non-hydrogen) atoms. The molecule has 0 saturated carbocycles. The molecule has 1 heterocycles. The molecule has 2 N–H and O–H groups in total. The number of thioether (sulfide) groups is 1. The summed E-state index contributed by atoms with van der Waals surface area (Å²) < 4.78 is 0. The molecule has 3 heteroatoms. The summed E-state index contributed by atoms with van der Waals surface area (Å²) in [6.45, 7) is 8.15. The van der Waals surface area contributed by atoms with Gasteiger partial charge in [0.05, 0.1) is 0 Å². The molecule has 1 fully saturated rings. The molecule has 1 aromatic rings. The molecule has 0 radical (unpaired) electrons. The smallest absolute Gasteiger partial charge is 0.0323 e. The van der Waals surface area contributed by atoms with Crippen LogP contribution in [0.15, 0.2) is 24.3 Å². The molecule has 0 aliphatic carbocycles. The Morgan fingerprint density at radius 2 is 1.94 bits per heavy atom. The van der Waals surface area contributed by atoms with E-state index in [1.165, 1.54) is 17.9 Å². The topological polar surface area (TPSA) is 29.3 Å². The lowest BCUT2D eigenvalue weighted by molar-refractivity contribution is 0.158. The number of rotatable bonds is 2. The standard InChI is InChI=1S/C14H22N2S/c1-10-12(3)17-9-8-16(10)11(2)13-4-6-14(15)7-5-13/h4-7,10-12H,8-9,15H2,1-3H3. The number of nitrogens with zero attached hydrogens (tertiary/aromatic N) is 1. The molecule has 1 saturated heterocycles. The summed E-state index contributed by atoms with van der Waals surface area (Å²) in [4.78, 5) is 2.60. The Balaban J connectivity index is 2.13. The molecule has 3 atom stereocenters. The fourth-order valence-electron chi connectivity index (χ4n) is 2.47. The maximum Gasteiger partial charge on any atom is 0.0323 e. The van der Waals surface area contributed by atoms with Crippen LogP contribution in [0.25, 0.3) is 0 Å². The number of nitrogens with two attached hydrogens (primary N) is 1. The van der Waals surface area contributed by atoms with E-state index in [-0.39, 0.29) is 0 Å². The molecule has 3 unspecified atom stereocenters. The number of benzene rings is 1. The second-order valence-corrected chi connectivity index (χ2v) is 6.38. The van der Waals surface area contributed by atoms with Gasteiger partial charge in [0, 0.05) is 35.3 Å². The van der Waals surface area contributed by atoms with Crippen molar-refractivity contribution in [1.29, 1.82) is 0 Å². The molecule has 1 aliphatic rings. The maximum atomic E-state index is 5.74. The first-order valence-corrected chi connectivity index (χ1v) is 7.37. The van der Waals surface area contributed by atoms with Gasteiger partial charge in [0.2, 0.25) is 0 Å². The van der Waals surface area contributed by atoms with E-state index in [1.54, 1.807) is 0 Å². The molecule has 0 amide bonds. The van der Waals surface area contributed by atoms with Crippen LogP contribution in [0.3, 0.4) is 0 Å². The third-order valence-corrected chi connectivity index (χ3v) is 5.19. The predicted octanol–water partition coefficient (Wildman–Crippen LogP) is 3.16. The van der Waals surface area contributed by atoms with Crippen LogP contribution in [-0.4, -0.2) is 28.5 Å². The van der Waals surface area contributed by atoms with Crippen LogP contribution in [0.4, 0.5) is 5.69 Å². The zero-order valence-corrected chi connectivity index (χ0v) is 11.7. The van der Waals surface area contributed by atoms with Crippen molar-refractivity contribution >= 4 is 17.4 Å². The highest BCUT2D eigenvalue weighted by atomic mass is 32.2. The molecule has 1 aliphatic heterocycles. The Hall–Kier alpha value is -0.670. The van der Waals surface area contributed by atoms with Crippen molar-refractivity contribution in [1.82, 2.24) is 4.90 Å². The van der Waals surface area contributed by atoms with Gasteiger partial charge in [-0.15, -0.1) is 0 Å². The maximum absolute atomic E-state index is 5.74. The molecule has 2 rings (SSSR count). The van der Waals surface area contributed by atoms with Crippen LogP contribution in [0.5, 0.6) is 0 Å². The Kier molecular flexibility index (Phi) is 4.00. The summed E-state index contributed by atoms with van der Waals surface area (Å²) in [5.41, 5.74) is 7.95. The second-order valence-electron chi connectivity index (χ2n) is 4.90. The van der Waals surface area contributed by atoms with E-state index in [0.717, 1.165) is 10.9 Å². The first kappa shape index (κ1) is 12.8. The van der Waals surface area contributed by atoms with E-state index in [9.17, 15) is 0 Å². The molecule has 1 aromatic carbocycles. The van der Waals surface area contributed by atoms with Gasteiger partial charge in [0.15, 0.2) is 0 Å². The normalized spacial score (nSPS) is 27.9. The van der Waals surface area contributed by atoms with Crippen molar-refractivity contribution in [3.8, 4) is 0 Å². The summed E-state index contributed by atoms with van der Waals surface area (Å²) in [5.74, 6) is 1.24. The van der Waals surface area contributed by atoms with Crippen LogP contribution < -0.4 is 5.73 Å². The zero-order valence-electron chi connectivity index (χ0n) is 10.9. The zero-order chi connectivity index (χ0) is 12.4. The lowest BCUT2D eigenvalue weighted by Gasteiger charge is -2.41. The van der Waals surface area contributed by atoms with E-state index in [1.807, 2.05) is 12.1 Å². The highest BCUT2D eigenvalue weighted by molar-refractivity contribution is 8.00. The van der Waals surface area contributed by atoms with Crippen molar-refractivity contribution in [3.63, 3.8) is 0 Å². The Morgan fingerprint density at radius 3 is 2.59 bits per heavy atom. The second kappa shape index (κ2) is 5.32. The van der Waals surface area contributed by atoms with Crippen LogP contribution in [0.1, 0.15) is 32.4 Å². The van der Waals surface area contributed by atoms with Crippen LogP contribution in [0.2, 0.25) is 0 Å². The molecular formula is C14H22N2S. The lowest BCUT2D eigenvalue weighted by atomic mass is 10.0. The van der Waals surface area contributed by atoms with E-state index in [0.29, 0.717) is 12.1 Å². The summed E-state index contributed by atoms with van der Waals surface area (Å²) in [5, 5.41) is 0.722. The largest absolute Gasteiger partial charge is 0.399 e. The molecule has 0 bridgehead atoms. The monoisotopic (exact) mass is 250 g/mol. The third kappa shape index (κ3) is 2.78. The van der Waals surface area contributed by atoms with E-state index >= 15 is 0 Å². The van der Waals surface area contributed by atoms with Gasteiger partial charge in [-0.05, 0) is 31.5 Å². The molecular weight excluding hydrogens is 228 g/mol. The Labute approximate surface area is 109 Å². The van der Waals surface area contributed by atoms with Crippen LogP contribution >= 0.6 is 11.8 Å². The lowest BCUT2D eigenvalue weighted by Crippen LogP contribution is -2.45. The number of hydrogen-bond donors (Lipinski definition) is 1. The highest BCUT2D eigenvalue weighted by Gasteiger charge is 2.29. The van der Waals surface area contributed by atoms with Crippen molar-refractivity contribution in [2.75, 3.05) is 18.0 Å². The Bertz CT molecular complexity index is 363. The van der Waals surface area contributed by atoms with Gasteiger partial charge >= 0.3 is 0 Å². The minimum absolute atomic E-state index is 0.481. The van der Waals surface area contributed by atoms with Gasteiger partial charge in [-0.25, -0.2) is 0 Å². The third-order valence-electron chi connectivity index (χ3n) is 3.85. The van der Waals surface area contributed by atoms with E-state index in [4.69, 9.17) is 5.73 Å². The predicted molar refractivity (Wildman–Crippen MR) is 77.4 cm³/mol. The number of nitrogen functional groups attached to an aromatic ring is 1. The molecule has 0 aromatic heterocycles.